The summed E-state index contributed by atoms with van der Waals surface area (Å²) in [5.74, 6) is 1.54. The number of ether oxygens (including phenoxy) is 2. The summed E-state index contributed by atoms with van der Waals surface area (Å²) in [7, 11) is 0. The van der Waals surface area contributed by atoms with E-state index < -0.39 is 5.97 Å². The van der Waals surface area contributed by atoms with E-state index in [1.807, 2.05) is 84.6 Å². The number of aliphatic carboxylic acids is 1. The largest absolute Gasteiger partial charge is 0.494 e. The normalized spacial score (nSPS) is 11.6. The Balaban J connectivity index is 1.70. The van der Waals surface area contributed by atoms with E-state index in [4.69, 9.17) is 9.47 Å². The Morgan fingerprint density at radius 2 is 1.70 bits per heavy atom. The third-order valence-electron chi connectivity index (χ3n) is 6.69. The van der Waals surface area contributed by atoms with Gasteiger partial charge in [-0.1, -0.05) is 69.5 Å². The van der Waals surface area contributed by atoms with Crippen molar-refractivity contribution in [2.24, 2.45) is 5.92 Å². The summed E-state index contributed by atoms with van der Waals surface area (Å²) in [4.78, 5) is 13.5. The van der Waals surface area contributed by atoms with Gasteiger partial charge in [-0.25, -0.2) is 0 Å². The fourth-order valence-electron chi connectivity index (χ4n) is 4.62. The van der Waals surface area contributed by atoms with Crippen LogP contribution >= 0.6 is 0 Å². The molecular formula is C32H41NO4. The van der Waals surface area contributed by atoms with Gasteiger partial charge in [0, 0.05) is 24.0 Å². The van der Waals surface area contributed by atoms with Crippen molar-refractivity contribution < 1.29 is 19.4 Å². The number of benzene rings is 3. The lowest BCUT2D eigenvalue weighted by molar-refractivity contribution is -0.136. The first-order valence-corrected chi connectivity index (χ1v) is 13.5. The van der Waals surface area contributed by atoms with Crippen LogP contribution in [0.1, 0.15) is 63.5 Å². The first-order valence-electron chi connectivity index (χ1n) is 13.5. The van der Waals surface area contributed by atoms with Crippen LogP contribution in [0.5, 0.6) is 11.5 Å². The lowest BCUT2D eigenvalue weighted by atomic mass is 9.96. The summed E-state index contributed by atoms with van der Waals surface area (Å²) in [6.45, 7) is 8.08. The van der Waals surface area contributed by atoms with E-state index in [1.54, 1.807) is 0 Å². The number of anilines is 2. The van der Waals surface area contributed by atoms with Gasteiger partial charge in [-0.05, 0) is 67.1 Å². The number of aryl methyl sites for hydroxylation is 1. The van der Waals surface area contributed by atoms with Crippen LogP contribution in [0.25, 0.3) is 0 Å². The molecule has 1 unspecified atom stereocenters. The average molecular weight is 504 g/mol. The van der Waals surface area contributed by atoms with Crippen LogP contribution in [0.3, 0.4) is 0 Å². The summed E-state index contributed by atoms with van der Waals surface area (Å²) >= 11 is 0. The summed E-state index contributed by atoms with van der Waals surface area (Å²) in [5, 5.41) is 9.38. The molecule has 5 heteroatoms. The second-order valence-electron chi connectivity index (χ2n) is 9.57. The van der Waals surface area contributed by atoms with Crippen LogP contribution in [0.15, 0.2) is 72.8 Å². The molecule has 5 nitrogen and oxygen atoms in total. The van der Waals surface area contributed by atoms with E-state index >= 15 is 0 Å². The van der Waals surface area contributed by atoms with Gasteiger partial charge in [0.25, 0.3) is 0 Å². The zero-order valence-corrected chi connectivity index (χ0v) is 22.5. The molecule has 37 heavy (non-hydrogen) atoms. The monoisotopic (exact) mass is 503 g/mol. The third kappa shape index (κ3) is 9.16. The molecule has 0 radical (unpaired) electrons. The molecular weight excluding hydrogens is 462 g/mol. The lowest BCUT2D eigenvalue weighted by Gasteiger charge is -2.27. The molecule has 3 aromatic carbocycles. The molecule has 0 spiro atoms. The zero-order valence-electron chi connectivity index (χ0n) is 22.5. The van der Waals surface area contributed by atoms with Crippen LogP contribution in [-0.2, 0) is 11.4 Å². The molecule has 0 aliphatic carbocycles. The molecule has 198 valence electrons. The van der Waals surface area contributed by atoms with E-state index in [9.17, 15) is 9.90 Å². The summed E-state index contributed by atoms with van der Waals surface area (Å²) in [5.41, 5.74) is 4.00. The smallest absolute Gasteiger partial charge is 0.305 e. The number of carboxylic acid groups (broad SMARTS) is 1. The zero-order chi connectivity index (χ0) is 26.5. The summed E-state index contributed by atoms with van der Waals surface area (Å²) in [6.07, 6.45) is 5.98. The number of hydrogen-bond acceptors (Lipinski definition) is 4. The number of hydrogen-bond donors (Lipinski definition) is 1. The third-order valence-corrected chi connectivity index (χ3v) is 6.69. The maximum atomic E-state index is 11.4. The summed E-state index contributed by atoms with van der Waals surface area (Å²) < 4.78 is 12.1. The second-order valence-corrected chi connectivity index (χ2v) is 9.57. The molecule has 0 saturated heterocycles. The van der Waals surface area contributed by atoms with E-state index in [1.165, 1.54) is 25.7 Å². The van der Waals surface area contributed by atoms with Gasteiger partial charge in [0.2, 0.25) is 0 Å². The molecule has 0 aromatic heterocycles. The van der Waals surface area contributed by atoms with Crippen LogP contribution in [0.2, 0.25) is 0 Å². The van der Waals surface area contributed by atoms with Gasteiger partial charge in [-0.2, -0.15) is 0 Å². The Kier molecular flexibility index (Phi) is 11.3. The first-order chi connectivity index (χ1) is 18.0. The number of carboxylic acids is 1. The van der Waals surface area contributed by atoms with Crippen molar-refractivity contribution in [2.45, 2.75) is 65.9 Å². The summed E-state index contributed by atoms with van der Waals surface area (Å²) in [6, 6.07) is 24.0. The van der Waals surface area contributed by atoms with Crippen LogP contribution in [-0.4, -0.2) is 24.2 Å². The van der Waals surface area contributed by atoms with Gasteiger partial charge in [-0.3, -0.25) is 4.79 Å². The maximum Gasteiger partial charge on any atom is 0.305 e. The van der Waals surface area contributed by atoms with Gasteiger partial charge in [0.15, 0.2) is 0 Å². The Hall–Kier alpha value is -3.47. The highest BCUT2D eigenvalue weighted by atomic mass is 16.5. The molecule has 1 atom stereocenters. The van der Waals surface area contributed by atoms with Gasteiger partial charge < -0.3 is 19.5 Å². The van der Waals surface area contributed by atoms with Crippen molar-refractivity contribution >= 4 is 17.3 Å². The predicted molar refractivity (Wildman–Crippen MR) is 151 cm³/mol. The fourth-order valence-corrected chi connectivity index (χ4v) is 4.62. The molecule has 1 N–H and O–H groups in total. The van der Waals surface area contributed by atoms with E-state index in [-0.39, 0.29) is 6.42 Å². The molecule has 3 aromatic rings. The molecule has 0 amide bonds. The number of rotatable bonds is 16. The van der Waals surface area contributed by atoms with E-state index in [0.29, 0.717) is 19.8 Å². The molecule has 0 saturated carbocycles. The van der Waals surface area contributed by atoms with Crippen molar-refractivity contribution in [3.8, 4) is 11.5 Å². The SMILES string of the molecule is CCCC(CC)CCCOc1cccc(N(CCC(=O)O)c2ccc(OCc3ccccc3)cc2C)c1. The molecule has 0 aliphatic heterocycles. The Bertz CT molecular complexity index is 1100. The van der Waals surface area contributed by atoms with Crippen molar-refractivity contribution in [3.05, 3.63) is 83.9 Å². The van der Waals surface area contributed by atoms with E-state index in [0.717, 1.165) is 46.3 Å². The van der Waals surface area contributed by atoms with E-state index in [2.05, 4.69) is 13.8 Å². The van der Waals surface area contributed by atoms with Gasteiger partial charge in [0.1, 0.15) is 18.1 Å². The first kappa shape index (κ1) is 28.1. The molecule has 0 bridgehead atoms. The van der Waals surface area contributed by atoms with Crippen molar-refractivity contribution in [2.75, 3.05) is 18.1 Å². The highest BCUT2D eigenvalue weighted by Gasteiger charge is 2.15. The highest BCUT2D eigenvalue weighted by Crippen LogP contribution is 2.33. The quantitative estimate of drug-likeness (QED) is 0.200. The minimum absolute atomic E-state index is 0.0343. The molecule has 0 heterocycles. The minimum Gasteiger partial charge on any atom is -0.494 e. The van der Waals surface area contributed by atoms with Crippen LogP contribution in [0.4, 0.5) is 11.4 Å². The Morgan fingerprint density at radius 3 is 2.41 bits per heavy atom. The second kappa shape index (κ2) is 14.9. The molecule has 0 fully saturated rings. The average Bonchev–Trinajstić information content (AvgIpc) is 2.91. The lowest BCUT2D eigenvalue weighted by Crippen LogP contribution is -2.21. The van der Waals surface area contributed by atoms with Gasteiger partial charge in [0.05, 0.1) is 13.0 Å². The topological polar surface area (TPSA) is 59.0 Å². The van der Waals surface area contributed by atoms with Crippen molar-refractivity contribution in [1.82, 2.24) is 0 Å². The minimum atomic E-state index is -0.824. The fraction of sp³-hybridized carbons (Fsp3) is 0.406. The molecule has 0 aliphatic rings. The number of nitrogens with zero attached hydrogens (tertiary/aromatic N) is 1. The standard InChI is InChI=1S/C32H41NO4/c1-4-11-26(5-2)14-10-21-36-29-16-9-15-28(23-29)33(20-19-32(34)35)31-18-17-30(22-25(31)3)37-24-27-12-7-6-8-13-27/h6-9,12-13,15-18,22-23,26H,4-5,10-11,14,19-21,24H2,1-3H3,(H,34,35). The Morgan fingerprint density at radius 1 is 0.919 bits per heavy atom. The Labute approximate surface area is 222 Å². The van der Waals surface area contributed by atoms with Crippen LogP contribution in [0, 0.1) is 12.8 Å². The van der Waals surface area contributed by atoms with Crippen LogP contribution < -0.4 is 14.4 Å². The number of carbonyl (C=O) groups is 1. The van der Waals surface area contributed by atoms with Crippen molar-refractivity contribution in [3.63, 3.8) is 0 Å². The van der Waals surface area contributed by atoms with Gasteiger partial charge >= 0.3 is 5.97 Å². The predicted octanol–water partition coefficient (Wildman–Crippen LogP) is 8.17. The van der Waals surface area contributed by atoms with Gasteiger partial charge in [-0.15, -0.1) is 0 Å². The van der Waals surface area contributed by atoms with Crippen molar-refractivity contribution in [1.29, 1.82) is 0 Å². The maximum absolute atomic E-state index is 11.4. The highest BCUT2D eigenvalue weighted by molar-refractivity contribution is 5.72. The molecule has 3 rings (SSSR count).